The van der Waals surface area contributed by atoms with Gasteiger partial charge in [-0.25, -0.2) is 0 Å². The van der Waals surface area contributed by atoms with Crippen LogP contribution in [0.4, 0.5) is 51.2 Å². The summed E-state index contributed by atoms with van der Waals surface area (Å²) in [5, 5.41) is 0. The van der Waals surface area contributed by atoms with Gasteiger partial charge in [0.25, 0.3) is 0 Å². The molecule has 5 nitrogen and oxygen atoms in total. The van der Waals surface area contributed by atoms with E-state index in [0.717, 1.165) is 51.4 Å². The van der Waals surface area contributed by atoms with Crippen LogP contribution in [-0.2, 0) is 10.8 Å². The first-order chi connectivity index (χ1) is 42.2. The molecule has 0 spiro atoms. The number of anilines is 9. The Kier molecular flexibility index (Phi) is 10.6. The van der Waals surface area contributed by atoms with Gasteiger partial charge in [-0.05, 0) is 11.1 Å². The third-order valence-corrected chi connectivity index (χ3v) is 21.7. The van der Waals surface area contributed by atoms with Crippen LogP contribution in [0.2, 0.25) is 0 Å². The Hall–Kier alpha value is -9.71. The molecule has 0 bridgehead atoms. The summed E-state index contributed by atoms with van der Waals surface area (Å²) in [7, 11) is 0. The molecule has 4 heterocycles. The van der Waals surface area contributed by atoms with Gasteiger partial charge in [0.2, 0.25) is 0 Å². The van der Waals surface area contributed by atoms with E-state index in [1.807, 2.05) is 36.4 Å². The fraction of sp³-hybridized carbons (Fsp3) is 0.0769. The number of para-hydroxylation sites is 5. The number of ether oxygens (including phenoxy) is 2. The molecule has 18 rings (SSSR count). The standard InChI is InChI=1S/C78H55B2N3O2Se/c1-77(2)59-30-16-14-28-55(59)57-38-36-49(40-61(57)77)82-67-34-20-18-32-63(67)79-65-46-66-73(47-69(65)81(48-22-8-5-9-23-48)70-42-53(43-71(82)75(70)79)84-51-24-10-6-11-25-51)86-74-45-54(85-52-26-12-7-13-27-52)44-72-76(74)80(66)64-33-19-21-35-68(64)83(72)50-37-39-58-56-29-15-17-31-60(56)78(3,4)62(58)41-50/h5-47H,1-4H3. The van der Waals surface area contributed by atoms with Crippen LogP contribution >= 0.6 is 0 Å². The molecule has 0 amide bonds. The molecule has 12 aromatic carbocycles. The molecule has 0 unspecified atom stereocenters. The third kappa shape index (κ3) is 7.15. The Balaban J connectivity index is 0.870. The van der Waals surface area contributed by atoms with E-state index in [9.17, 15) is 0 Å². The summed E-state index contributed by atoms with van der Waals surface area (Å²) < 4.78 is 16.7. The van der Waals surface area contributed by atoms with Crippen LogP contribution in [0.15, 0.2) is 261 Å². The summed E-state index contributed by atoms with van der Waals surface area (Å²) in [6.07, 6.45) is 0. The second-order valence-corrected chi connectivity index (χ2v) is 27.0. The summed E-state index contributed by atoms with van der Waals surface area (Å²) in [5.74, 6) is 3.22. The van der Waals surface area contributed by atoms with Crippen LogP contribution in [0.5, 0.6) is 23.0 Å². The molecule has 0 atom stereocenters. The van der Waals surface area contributed by atoms with Crippen LogP contribution in [0.1, 0.15) is 49.9 Å². The van der Waals surface area contributed by atoms with Gasteiger partial charge >= 0.3 is 463 Å². The SMILES string of the molecule is CC1(C)c2ccccc2-c2ccc(N3c4ccccc4B4c5cc6c(cc5[Se]c5cc(Oc7ccccc7)cc3c54)N(c3ccccc3)c3cc(Oc4ccccc4)cc4c3B6c3ccccc3N4c3ccc4c(c3)C(C)(C)c3ccccc3-4)cc21. The van der Waals surface area contributed by atoms with Crippen molar-refractivity contribution in [2.45, 2.75) is 38.5 Å². The van der Waals surface area contributed by atoms with E-state index in [0.29, 0.717) is 0 Å². The van der Waals surface area contributed by atoms with Crippen molar-refractivity contribution < 1.29 is 9.47 Å². The summed E-state index contributed by atoms with van der Waals surface area (Å²) in [4.78, 5) is 7.61. The molecule has 0 saturated heterocycles. The van der Waals surface area contributed by atoms with Crippen molar-refractivity contribution in [1.82, 2.24) is 0 Å². The molecule has 4 aliphatic heterocycles. The van der Waals surface area contributed by atoms with E-state index in [4.69, 9.17) is 9.47 Å². The molecule has 6 aliphatic rings. The van der Waals surface area contributed by atoms with Gasteiger partial charge in [-0.1, -0.05) is 38.1 Å². The Morgan fingerprint density at radius 1 is 0.291 bits per heavy atom. The molecule has 0 N–H and O–H groups in total. The molecule has 2 aliphatic carbocycles. The first kappa shape index (κ1) is 49.7. The van der Waals surface area contributed by atoms with E-state index >= 15 is 0 Å². The Morgan fingerprint density at radius 3 is 1.27 bits per heavy atom. The summed E-state index contributed by atoms with van der Waals surface area (Å²) in [6.45, 7) is 9.35. The van der Waals surface area contributed by atoms with Crippen LogP contribution in [0.25, 0.3) is 22.3 Å². The predicted molar refractivity (Wildman–Crippen MR) is 359 cm³/mol. The van der Waals surface area contributed by atoms with E-state index in [1.54, 1.807) is 0 Å². The van der Waals surface area contributed by atoms with Gasteiger partial charge in [-0.2, -0.15) is 0 Å². The number of benzene rings is 12. The Bertz CT molecular complexity index is 4850. The van der Waals surface area contributed by atoms with E-state index in [2.05, 4.69) is 267 Å². The second kappa shape index (κ2) is 18.4. The fourth-order valence-corrected chi connectivity index (χ4v) is 18.1. The first-order valence-electron chi connectivity index (χ1n) is 30.0. The Labute approximate surface area is 509 Å². The molecule has 0 aromatic heterocycles. The normalized spacial score (nSPS) is 15.0. The van der Waals surface area contributed by atoms with Crippen molar-refractivity contribution in [3.8, 4) is 45.3 Å². The summed E-state index contributed by atoms with van der Waals surface area (Å²) in [5.41, 5.74) is 28.5. The number of fused-ring (bicyclic) bond motifs is 14. The zero-order valence-electron chi connectivity index (χ0n) is 48.0. The molecular weight excluding hydrogens is 1110 g/mol. The number of rotatable bonds is 7. The van der Waals surface area contributed by atoms with Crippen molar-refractivity contribution in [3.63, 3.8) is 0 Å². The van der Waals surface area contributed by atoms with Gasteiger partial charge in [-0.3, -0.25) is 0 Å². The molecule has 0 fully saturated rings. The Morgan fingerprint density at radius 2 is 0.721 bits per heavy atom. The van der Waals surface area contributed by atoms with Crippen molar-refractivity contribution >= 4 is 121 Å². The number of hydrogen-bond donors (Lipinski definition) is 0. The molecule has 86 heavy (non-hydrogen) atoms. The van der Waals surface area contributed by atoms with Crippen molar-refractivity contribution in [2.75, 3.05) is 14.7 Å². The minimum atomic E-state index is -0.185. The van der Waals surface area contributed by atoms with Crippen LogP contribution in [-0.4, -0.2) is 28.4 Å². The van der Waals surface area contributed by atoms with E-state index in [-0.39, 0.29) is 39.2 Å². The van der Waals surface area contributed by atoms with Gasteiger partial charge in [0.1, 0.15) is 0 Å². The van der Waals surface area contributed by atoms with Crippen LogP contribution < -0.4 is 65.9 Å². The van der Waals surface area contributed by atoms with Crippen LogP contribution in [0, 0.1) is 0 Å². The fourth-order valence-electron chi connectivity index (χ4n) is 15.5. The molecule has 0 saturated carbocycles. The predicted octanol–water partition coefficient (Wildman–Crippen LogP) is 14.2. The third-order valence-electron chi connectivity index (χ3n) is 19.3. The summed E-state index contributed by atoms with van der Waals surface area (Å²) >= 11 is -0.130. The first-order valence-corrected chi connectivity index (χ1v) is 31.7. The average Bonchev–Trinajstić information content (AvgIpc) is 0.931. The summed E-state index contributed by atoms with van der Waals surface area (Å²) in [6, 6.07) is 96.6. The van der Waals surface area contributed by atoms with Crippen molar-refractivity contribution in [1.29, 1.82) is 0 Å². The van der Waals surface area contributed by atoms with Crippen LogP contribution in [0.3, 0.4) is 0 Å². The zero-order chi connectivity index (χ0) is 57.2. The van der Waals surface area contributed by atoms with Gasteiger partial charge < -0.3 is 0 Å². The second-order valence-electron chi connectivity index (χ2n) is 24.7. The number of nitrogens with zero attached hydrogens (tertiary/aromatic N) is 3. The topological polar surface area (TPSA) is 28.2 Å². The maximum absolute atomic E-state index is 7.02. The van der Waals surface area contributed by atoms with E-state index < -0.39 is 0 Å². The molecular formula is C78H55B2N3O2Se. The zero-order valence-corrected chi connectivity index (χ0v) is 49.8. The van der Waals surface area contributed by atoms with Gasteiger partial charge in [0.15, 0.2) is 0 Å². The molecule has 12 aromatic rings. The quantitative estimate of drug-likeness (QED) is 0.148. The van der Waals surface area contributed by atoms with Gasteiger partial charge in [0.05, 0.1) is 0 Å². The van der Waals surface area contributed by atoms with Gasteiger partial charge in [-0.15, -0.1) is 0 Å². The van der Waals surface area contributed by atoms with Gasteiger partial charge in [0, 0.05) is 0 Å². The van der Waals surface area contributed by atoms with Crippen molar-refractivity contribution in [3.05, 3.63) is 283 Å². The molecule has 0 radical (unpaired) electrons. The molecule has 406 valence electrons. The van der Waals surface area contributed by atoms with Crippen molar-refractivity contribution in [2.24, 2.45) is 0 Å². The average molecular weight is 1170 g/mol. The monoisotopic (exact) mass is 1170 g/mol. The molecule has 8 heteroatoms. The minimum absolute atomic E-state index is 0.0498. The van der Waals surface area contributed by atoms with E-state index in [1.165, 1.54) is 109 Å². The number of hydrogen-bond acceptors (Lipinski definition) is 5. The maximum atomic E-state index is 7.02.